The third kappa shape index (κ3) is 4.06. The molecule has 3 aromatic rings. The van der Waals surface area contributed by atoms with Crippen LogP contribution in [0.15, 0.2) is 84.1 Å². The molecule has 0 bridgehead atoms. The van der Waals surface area contributed by atoms with E-state index in [0.717, 1.165) is 23.4 Å². The van der Waals surface area contributed by atoms with E-state index in [1.165, 1.54) is 17.7 Å². The average molecular weight is 373 g/mol. The highest BCUT2D eigenvalue weighted by Crippen LogP contribution is 2.49. The predicted molar refractivity (Wildman–Crippen MR) is 106 cm³/mol. The first-order valence-corrected chi connectivity index (χ1v) is 9.12. The van der Waals surface area contributed by atoms with Gasteiger partial charge in [0.25, 0.3) is 5.69 Å². The Balaban J connectivity index is 1.49. The number of hydrogen-bond acceptors (Lipinski definition) is 5. The highest BCUT2D eigenvalue weighted by molar-refractivity contribution is 6.02. The van der Waals surface area contributed by atoms with Gasteiger partial charge in [0.05, 0.1) is 10.6 Å². The van der Waals surface area contributed by atoms with Gasteiger partial charge in [0.2, 0.25) is 0 Å². The quantitative estimate of drug-likeness (QED) is 0.341. The molecule has 6 nitrogen and oxygen atoms in total. The van der Waals surface area contributed by atoms with Crippen LogP contribution in [0.25, 0.3) is 0 Å². The molecule has 2 aromatic carbocycles. The number of non-ortho nitro benzene ring substituents is 1. The number of hydrogen-bond donors (Lipinski definition) is 0. The first kappa shape index (κ1) is 17.9. The van der Waals surface area contributed by atoms with E-state index in [1.807, 2.05) is 36.4 Å². The molecule has 0 saturated heterocycles. The lowest BCUT2D eigenvalue weighted by molar-refractivity contribution is -0.384. The summed E-state index contributed by atoms with van der Waals surface area (Å²) < 4.78 is 0. The molecule has 0 spiro atoms. The standard InChI is InChI=1S/C22H19N3O3/c26-25(27)18-11-9-16(10-12-18)15-28-24-22(21-8-4-5-13-23-21)20-14-19(20)17-6-2-1-3-7-17/h1-13,19-20H,14-15H2. The molecule has 2 atom stereocenters. The van der Waals surface area contributed by atoms with Crippen molar-refractivity contribution in [3.8, 4) is 0 Å². The van der Waals surface area contributed by atoms with Gasteiger partial charge in [0.1, 0.15) is 12.3 Å². The average Bonchev–Trinajstić information content (AvgIpc) is 3.53. The number of rotatable bonds is 7. The fraction of sp³-hybridized carbons (Fsp3) is 0.182. The second-order valence-electron chi connectivity index (χ2n) is 6.75. The molecule has 0 radical (unpaired) electrons. The molecule has 1 aliphatic carbocycles. The highest BCUT2D eigenvalue weighted by atomic mass is 16.6. The fourth-order valence-corrected chi connectivity index (χ4v) is 3.27. The van der Waals surface area contributed by atoms with Gasteiger partial charge < -0.3 is 4.84 Å². The second-order valence-corrected chi connectivity index (χ2v) is 6.75. The summed E-state index contributed by atoms with van der Waals surface area (Å²) in [4.78, 5) is 20.4. The van der Waals surface area contributed by atoms with Crippen molar-refractivity contribution >= 4 is 11.4 Å². The fourth-order valence-electron chi connectivity index (χ4n) is 3.27. The van der Waals surface area contributed by atoms with Crippen LogP contribution >= 0.6 is 0 Å². The first-order valence-electron chi connectivity index (χ1n) is 9.12. The molecular weight excluding hydrogens is 354 g/mol. The van der Waals surface area contributed by atoms with Crippen molar-refractivity contribution in [2.24, 2.45) is 11.1 Å². The Hall–Kier alpha value is -3.54. The van der Waals surface area contributed by atoms with E-state index in [9.17, 15) is 10.1 Å². The number of benzene rings is 2. The van der Waals surface area contributed by atoms with Gasteiger partial charge in [0.15, 0.2) is 0 Å². The topological polar surface area (TPSA) is 77.6 Å². The zero-order valence-corrected chi connectivity index (χ0v) is 15.1. The molecule has 1 aromatic heterocycles. The molecule has 1 saturated carbocycles. The lowest BCUT2D eigenvalue weighted by Crippen LogP contribution is -2.08. The van der Waals surface area contributed by atoms with Crippen molar-refractivity contribution < 1.29 is 9.76 Å². The van der Waals surface area contributed by atoms with Crippen molar-refractivity contribution in [2.75, 3.05) is 0 Å². The van der Waals surface area contributed by atoms with Crippen molar-refractivity contribution in [2.45, 2.75) is 18.9 Å². The number of nitrogens with zero attached hydrogens (tertiary/aromatic N) is 3. The van der Waals surface area contributed by atoms with Crippen LogP contribution in [0, 0.1) is 16.0 Å². The van der Waals surface area contributed by atoms with Gasteiger partial charge in [0, 0.05) is 24.2 Å². The molecule has 1 heterocycles. The molecule has 4 rings (SSSR count). The molecule has 28 heavy (non-hydrogen) atoms. The van der Waals surface area contributed by atoms with Crippen LogP contribution in [0.1, 0.15) is 29.2 Å². The van der Waals surface area contributed by atoms with Crippen LogP contribution < -0.4 is 0 Å². The largest absolute Gasteiger partial charge is 0.391 e. The summed E-state index contributed by atoms with van der Waals surface area (Å²) in [5.74, 6) is 0.694. The smallest absolute Gasteiger partial charge is 0.269 e. The van der Waals surface area contributed by atoms with Crippen LogP contribution in [0.4, 0.5) is 5.69 Å². The molecule has 1 aliphatic rings. The minimum atomic E-state index is -0.418. The van der Waals surface area contributed by atoms with E-state index in [4.69, 9.17) is 4.84 Å². The third-order valence-corrected chi connectivity index (χ3v) is 4.84. The van der Waals surface area contributed by atoms with Gasteiger partial charge >= 0.3 is 0 Å². The lowest BCUT2D eigenvalue weighted by Gasteiger charge is -2.07. The van der Waals surface area contributed by atoms with Crippen molar-refractivity contribution in [3.05, 3.63) is 106 Å². The summed E-state index contributed by atoms with van der Waals surface area (Å²) in [6, 6.07) is 22.4. The zero-order valence-electron chi connectivity index (χ0n) is 15.1. The van der Waals surface area contributed by atoms with E-state index in [2.05, 4.69) is 22.3 Å². The zero-order chi connectivity index (χ0) is 19.3. The predicted octanol–water partition coefficient (Wildman–Crippen LogP) is 4.71. The van der Waals surface area contributed by atoms with Crippen molar-refractivity contribution in [1.82, 2.24) is 4.98 Å². The number of aromatic nitrogens is 1. The van der Waals surface area contributed by atoms with Crippen LogP contribution in [0.2, 0.25) is 0 Å². The number of nitro benzene ring substituents is 1. The molecule has 0 N–H and O–H groups in total. The van der Waals surface area contributed by atoms with Gasteiger partial charge in [-0.3, -0.25) is 15.1 Å². The van der Waals surface area contributed by atoms with E-state index in [1.54, 1.807) is 18.3 Å². The van der Waals surface area contributed by atoms with Crippen LogP contribution in [0.5, 0.6) is 0 Å². The normalized spacial score (nSPS) is 18.5. The Morgan fingerprint density at radius 3 is 2.50 bits per heavy atom. The van der Waals surface area contributed by atoms with Crippen molar-refractivity contribution in [1.29, 1.82) is 0 Å². The van der Waals surface area contributed by atoms with E-state index in [-0.39, 0.29) is 18.2 Å². The van der Waals surface area contributed by atoms with Gasteiger partial charge in [-0.25, -0.2) is 0 Å². The summed E-state index contributed by atoms with van der Waals surface area (Å²) in [5.41, 5.74) is 3.84. The minimum absolute atomic E-state index is 0.0603. The van der Waals surface area contributed by atoms with Crippen LogP contribution in [-0.4, -0.2) is 15.6 Å². The summed E-state index contributed by atoms with van der Waals surface area (Å²) in [5, 5.41) is 15.2. The lowest BCUT2D eigenvalue weighted by atomic mass is 10.1. The van der Waals surface area contributed by atoms with Gasteiger partial charge in [-0.2, -0.15) is 0 Å². The van der Waals surface area contributed by atoms with E-state index < -0.39 is 4.92 Å². The number of oxime groups is 1. The maximum atomic E-state index is 10.7. The third-order valence-electron chi connectivity index (χ3n) is 4.84. The maximum Gasteiger partial charge on any atom is 0.269 e. The Bertz CT molecular complexity index is 973. The highest BCUT2D eigenvalue weighted by Gasteiger charge is 2.43. The summed E-state index contributed by atoms with van der Waals surface area (Å²) in [7, 11) is 0. The molecular formula is C22H19N3O3. The Labute approximate surface area is 162 Å². The van der Waals surface area contributed by atoms with E-state index in [0.29, 0.717) is 5.92 Å². The molecule has 140 valence electrons. The van der Waals surface area contributed by atoms with Crippen LogP contribution in [0.3, 0.4) is 0 Å². The maximum absolute atomic E-state index is 10.7. The first-order chi connectivity index (χ1) is 13.7. The Morgan fingerprint density at radius 1 is 1.07 bits per heavy atom. The minimum Gasteiger partial charge on any atom is -0.391 e. The van der Waals surface area contributed by atoms with Crippen LogP contribution in [-0.2, 0) is 11.4 Å². The summed E-state index contributed by atoms with van der Waals surface area (Å²) >= 11 is 0. The summed E-state index contributed by atoms with van der Waals surface area (Å²) in [6.45, 7) is 0.247. The molecule has 1 fully saturated rings. The SMILES string of the molecule is O=[N+]([O-])c1ccc(CON=C(c2ccccn2)C2CC2c2ccccc2)cc1. The van der Waals surface area contributed by atoms with Gasteiger partial charge in [-0.15, -0.1) is 0 Å². The molecule has 0 aliphatic heterocycles. The Morgan fingerprint density at radius 2 is 1.82 bits per heavy atom. The second kappa shape index (κ2) is 8.00. The van der Waals surface area contributed by atoms with E-state index >= 15 is 0 Å². The van der Waals surface area contributed by atoms with Gasteiger partial charge in [-0.05, 0) is 47.7 Å². The Kier molecular flexibility index (Phi) is 5.10. The molecule has 2 unspecified atom stereocenters. The van der Waals surface area contributed by atoms with Gasteiger partial charge in [-0.1, -0.05) is 41.6 Å². The number of nitro groups is 1. The number of pyridine rings is 1. The molecule has 6 heteroatoms. The molecule has 0 amide bonds. The monoisotopic (exact) mass is 373 g/mol. The summed E-state index contributed by atoms with van der Waals surface area (Å²) in [6.07, 6.45) is 2.77. The van der Waals surface area contributed by atoms with Crippen molar-refractivity contribution in [3.63, 3.8) is 0 Å².